The highest BCUT2D eigenvalue weighted by Gasteiger charge is 2.09. The normalized spacial score (nSPS) is 12.2. The maximum atomic E-state index is 11.8. The second kappa shape index (κ2) is 7.72. The molecule has 94 valence electrons. The Kier molecular flexibility index (Phi) is 6.60. The molecule has 2 nitrogen and oxygen atoms in total. The minimum Gasteiger partial charge on any atom is -0.352 e. The second-order valence-electron chi connectivity index (χ2n) is 3.97. The van der Waals surface area contributed by atoms with Crippen molar-refractivity contribution in [3.8, 4) is 0 Å². The number of carbonyl (C=O) groups is 1. The monoisotopic (exact) mass is 317 g/mol. The van der Waals surface area contributed by atoms with Crippen LogP contribution in [0.4, 0.5) is 0 Å². The summed E-state index contributed by atoms with van der Waals surface area (Å²) < 4.78 is 0. The third kappa shape index (κ3) is 5.09. The molecular weight excluding hydrogens is 302 g/mol. The molecule has 4 heteroatoms. The number of hydrogen-bond acceptors (Lipinski definition) is 1. The summed E-state index contributed by atoms with van der Waals surface area (Å²) in [5.74, 6) is 0.500. The van der Waals surface area contributed by atoms with Gasteiger partial charge in [-0.15, -0.1) is 0 Å². The Morgan fingerprint density at radius 2 is 2.06 bits per heavy atom. The van der Waals surface area contributed by atoms with Gasteiger partial charge in [-0.3, -0.25) is 4.79 Å². The molecule has 1 amide bonds. The molecule has 1 aromatic rings. The van der Waals surface area contributed by atoms with E-state index in [2.05, 4.69) is 28.2 Å². The first kappa shape index (κ1) is 14.5. The summed E-state index contributed by atoms with van der Waals surface area (Å²) in [6, 6.07) is 6.94. The van der Waals surface area contributed by atoms with Crippen molar-refractivity contribution >= 4 is 33.4 Å². The van der Waals surface area contributed by atoms with Gasteiger partial charge in [-0.1, -0.05) is 40.9 Å². The van der Waals surface area contributed by atoms with Crippen LogP contribution in [0.25, 0.3) is 0 Å². The molecule has 0 aliphatic rings. The Morgan fingerprint density at radius 1 is 1.41 bits per heavy atom. The standard InChI is InChI=1S/C13H17BrClNO/c1-2-10(7-8-14)9-16-13(17)11-3-5-12(15)6-4-11/h3-6,10H,2,7-9H2,1H3,(H,16,17). The number of amides is 1. The highest BCUT2D eigenvalue weighted by molar-refractivity contribution is 9.09. The molecule has 1 N–H and O–H groups in total. The number of carbonyl (C=O) groups excluding carboxylic acids is 1. The van der Waals surface area contributed by atoms with Gasteiger partial charge in [-0.05, 0) is 36.6 Å². The van der Waals surface area contributed by atoms with Gasteiger partial charge in [-0.2, -0.15) is 0 Å². The second-order valence-corrected chi connectivity index (χ2v) is 5.20. The first-order valence-corrected chi connectivity index (χ1v) is 7.27. The van der Waals surface area contributed by atoms with Crippen LogP contribution < -0.4 is 5.32 Å². The van der Waals surface area contributed by atoms with Crippen LogP contribution in [0.5, 0.6) is 0 Å². The quantitative estimate of drug-likeness (QED) is 0.792. The van der Waals surface area contributed by atoms with Crippen molar-refractivity contribution in [3.05, 3.63) is 34.9 Å². The zero-order valence-electron chi connectivity index (χ0n) is 9.88. The molecule has 0 radical (unpaired) electrons. The summed E-state index contributed by atoms with van der Waals surface area (Å²) in [6.45, 7) is 2.87. The largest absolute Gasteiger partial charge is 0.352 e. The van der Waals surface area contributed by atoms with Crippen molar-refractivity contribution < 1.29 is 4.79 Å². The Hall–Kier alpha value is -0.540. The Morgan fingerprint density at radius 3 is 2.59 bits per heavy atom. The van der Waals surface area contributed by atoms with Gasteiger partial charge >= 0.3 is 0 Å². The van der Waals surface area contributed by atoms with E-state index in [1.54, 1.807) is 24.3 Å². The zero-order valence-corrected chi connectivity index (χ0v) is 12.2. The van der Waals surface area contributed by atoms with Crippen LogP contribution in [-0.4, -0.2) is 17.8 Å². The molecule has 0 spiro atoms. The summed E-state index contributed by atoms with van der Waals surface area (Å²) in [4.78, 5) is 11.8. The summed E-state index contributed by atoms with van der Waals surface area (Å²) in [5.41, 5.74) is 0.656. The first-order valence-electron chi connectivity index (χ1n) is 5.77. The molecule has 1 unspecified atom stereocenters. The van der Waals surface area contributed by atoms with Gasteiger partial charge in [-0.25, -0.2) is 0 Å². The lowest BCUT2D eigenvalue weighted by Crippen LogP contribution is -2.29. The van der Waals surface area contributed by atoms with Crippen molar-refractivity contribution in [3.63, 3.8) is 0 Å². The number of halogens is 2. The number of rotatable bonds is 6. The van der Waals surface area contributed by atoms with Crippen LogP contribution in [0, 0.1) is 5.92 Å². The molecule has 0 aliphatic heterocycles. The maximum absolute atomic E-state index is 11.8. The lowest BCUT2D eigenvalue weighted by atomic mass is 10.0. The van der Waals surface area contributed by atoms with E-state index in [4.69, 9.17) is 11.6 Å². The number of nitrogens with one attached hydrogen (secondary N) is 1. The van der Waals surface area contributed by atoms with Crippen LogP contribution in [-0.2, 0) is 0 Å². The molecule has 0 saturated heterocycles. The topological polar surface area (TPSA) is 29.1 Å². The third-order valence-corrected chi connectivity index (χ3v) is 3.46. The third-order valence-electron chi connectivity index (χ3n) is 2.75. The first-order chi connectivity index (χ1) is 8.17. The lowest BCUT2D eigenvalue weighted by molar-refractivity contribution is 0.0946. The van der Waals surface area contributed by atoms with Gasteiger partial charge in [0.25, 0.3) is 5.91 Å². The molecule has 0 saturated carbocycles. The van der Waals surface area contributed by atoms with Crippen LogP contribution in [0.1, 0.15) is 30.1 Å². The van der Waals surface area contributed by atoms with Gasteiger partial charge in [0.2, 0.25) is 0 Å². The van der Waals surface area contributed by atoms with Crippen molar-refractivity contribution in [2.24, 2.45) is 5.92 Å². The van der Waals surface area contributed by atoms with Gasteiger partial charge in [0, 0.05) is 22.5 Å². The SMILES string of the molecule is CCC(CCBr)CNC(=O)c1ccc(Cl)cc1. The van der Waals surface area contributed by atoms with E-state index < -0.39 is 0 Å². The molecule has 1 atom stereocenters. The molecular formula is C13H17BrClNO. The Balaban J connectivity index is 2.46. The fourth-order valence-corrected chi connectivity index (χ4v) is 2.32. The average molecular weight is 319 g/mol. The highest BCUT2D eigenvalue weighted by Crippen LogP contribution is 2.11. The summed E-state index contributed by atoms with van der Waals surface area (Å²) >= 11 is 9.19. The van der Waals surface area contributed by atoms with E-state index in [1.165, 1.54) is 0 Å². The van der Waals surface area contributed by atoms with Crippen molar-refractivity contribution in [1.82, 2.24) is 5.32 Å². The fraction of sp³-hybridized carbons (Fsp3) is 0.462. The van der Waals surface area contributed by atoms with Crippen molar-refractivity contribution in [1.29, 1.82) is 0 Å². The molecule has 0 aliphatic carbocycles. The lowest BCUT2D eigenvalue weighted by Gasteiger charge is -2.14. The number of alkyl halides is 1. The number of hydrogen-bond donors (Lipinski definition) is 1. The maximum Gasteiger partial charge on any atom is 0.251 e. The summed E-state index contributed by atoms with van der Waals surface area (Å²) in [7, 11) is 0. The smallest absolute Gasteiger partial charge is 0.251 e. The van der Waals surface area contributed by atoms with Gasteiger partial charge in [0.1, 0.15) is 0 Å². The fourth-order valence-electron chi connectivity index (χ4n) is 1.55. The minimum absolute atomic E-state index is 0.0327. The molecule has 1 aromatic carbocycles. The predicted octanol–water partition coefficient (Wildman–Crippen LogP) is 3.88. The van der Waals surface area contributed by atoms with E-state index in [0.29, 0.717) is 16.5 Å². The average Bonchev–Trinajstić information content (AvgIpc) is 2.35. The Bertz CT molecular complexity index is 353. The van der Waals surface area contributed by atoms with E-state index in [0.717, 1.165) is 24.7 Å². The van der Waals surface area contributed by atoms with Crippen LogP contribution in [0.3, 0.4) is 0 Å². The van der Waals surface area contributed by atoms with Gasteiger partial charge < -0.3 is 5.32 Å². The van der Waals surface area contributed by atoms with Crippen molar-refractivity contribution in [2.75, 3.05) is 11.9 Å². The van der Waals surface area contributed by atoms with Crippen LogP contribution >= 0.6 is 27.5 Å². The van der Waals surface area contributed by atoms with Crippen LogP contribution in [0.2, 0.25) is 5.02 Å². The molecule has 0 fully saturated rings. The highest BCUT2D eigenvalue weighted by atomic mass is 79.9. The minimum atomic E-state index is -0.0327. The molecule has 1 rings (SSSR count). The van der Waals surface area contributed by atoms with E-state index in [9.17, 15) is 4.79 Å². The van der Waals surface area contributed by atoms with E-state index >= 15 is 0 Å². The molecule has 0 bridgehead atoms. The zero-order chi connectivity index (χ0) is 12.7. The van der Waals surface area contributed by atoms with E-state index in [1.807, 2.05) is 0 Å². The van der Waals surface area contributed by atoms with E-state index in [-0.39, 0.29) is 5.91 Å². The van der Waals surface area contributed by atoms with Crippen LogP contribution in [0.15, 0.2) is 24.3 Å². The van der Waals surface area contributed by atoms with Crippen molar-refractivity contribution in [2.45, 2.75) is 19.8 Å². The van der Waals surface area contributed by atoms with Gasteiger partial charge in [0.15, 0.2) is 0 Å². The Labute approximate surface area is 116 Å². The molecule has 17 heavy (non-hydrogen) atoms. The summed E-state index contributed by atoms with van der Waals surface area (Å²) in [6.07, 6.45) is 2.16. The molecule has 0 heterocycles. The molecule has 0 aromatic heterocycles. The van der Waals surface area contributed by atoms with Gasteiger partial charge in [0.05, 0.1) is 0 Å². The predicted molar refractivity (Wildman–Crippen MR) is 76.0 cm³/mol. The summed E-state index contributed by atoms with van der Waals surface area (Å²) in [5, 5.41) is 4.57. The number of benzene rings is 1.